The molecule has 1 fully saturated rings. The highest BCUT2D eigenvalue weighted by atomic mass is 32.2. The first-order valence-corrected chi connectivity index (χ1v) is 13.0. The predicted octanol–water partition coefficient (Wildman–Crippen LogP) is 1.17. The Morgan fingerprint density at radius 3 is 2.61 bits per heavy atom. The molecule has 0 atom stereocenters. The lowest BCUT2D eigenvalue weighted by molar-refractivity contribution is -0.143. The molecule has 194 valence electrons. The maximum absolute atomic E-state index is 15.0. The number of rotatable bonds is 11. The second kappa shape index (κ2) is 12.4. The lowest BCUT2D eigenvalue weighted by atomic mass is 10.0. The topological polar surface area (TPSA) is 173 Å². The van der Waals surface area contributed by atoms with Crippen molar-refractivity contribution in [2.75, 3.05) is 37.4 Å². The van der Waals surface area contributed by atoms with Crippen LogP contribution in [0.25, 0.3) is 11.1 Å². The van der Waals surface area contributed by atoms with Crippen molar-refractivity contribution < 1.29 is 27.2 Å². The minimum Gasteiger partial charge on any atom is -0.460 e. The van der Waals surface area contributed by atoms with E-state index in [1.165, 1.54) is 18.5 Å². The Labute approximate surface area is 208 Å². The van der Waals surface area contributed by atoms with Crippen molar-refractivity contribution in [3.05, 3.63) is 42.0 Å². The Balaban J connectivity index is 1.54. The summed E-state index contributed by atoms with van der Waals surface area (Å²) < 4.78 is 44.3. The van der Waals surface area contributed by atoms with Gasteiger partial charge in [-0.15, -0.1) is 0 Å². The lowest BCUT2D eigenvalue weighted by Crippen LogP contribution is -2.35. The Morgan fingerprint density at radius 1 is 1.28 bits per heavy atom. The molecule has 1 aromatic heterocycles. The van der Waals surface area contributed by atoms with Crippen LogP contribution >= 0.6 is 0 Å². The fraction of sp³-hybridized carbons (Fsp3) is 0.409. The van der Waals surface area contributed by atoms with Gasteiger partial charge in [0.25, 0.3) is 0 Å². The smallest absolute Gasteiger partial charge is 0.313 e. The molecule has 0 unspecified atom stereocenters. The van der Waals surface area contributed by atoms with Crippen LogP contribution in [-0.4, -0.2) is 68.4 Å². The van der Waals surface area contributed by atoms with Crippen molar-refractivity contribution >= 4 is 33.5 Å². The summed E-state index contributed by atoms with van der Waals surface area (Å²) in [5, 5.41) is 11.2. The van der Waals surface area contributed by atoms with Crippen LogP contribution in [0.2, 0.25) is 0 Å². The fourth-order valence-electron chi connectivity index (χ4n) is 3.37. The van der Waals surface area contributed by atoms with E-state index in [2.05, 4.69) is 19.8 Å². The number of esters is 1. The van der Waals surface area contributed by atoms with Gasteiger partial charge in [0.05, 0.1) is 12.0 Å². The van der Waals surface area contributed by atoms with Gasteiger partial charge >= 0.3 is 5.97 Å². The summed E-state index contributed by atoms with van der Waals surface area (Å²) in [7, 11) is -3.25. The van der Waals surface area contributed by atoms with Crippen molar-refractivity contribution in [3.63, 3.8) is 0 Å². The number of ether oxygens (including phenoxy) is 1. The number of halogens is 1. The number of nitrogens with two attached hydrogens (primary N) is 1. The van der Waals surface area contributed by atoms with Crippen LogP contribution in [0.4, 0.5) is 10.3 Å². The number of oxime groups is 1. The van der Waals surface area contributed by atoms with Crippen LogP contribution in [0, 0.1) is 11.2 Å². The average Bonchev–Trinajstić information content (AvgIpc) is 2.83. The van der Waals surface area contributed by atoms with E-state index in [1.54, 1.807) is 12.1 Å². The third-order valence-electron chi connectivity index (χ3n) is 5.13. The molecule has 4 N–H and O–H groups in total. The number of sulfonamides is 1. The van der Waals surface area contributed by atoms with Gasteiger partial charge in [-0.3, -0.25) is 10.2 Å². The number of aromatic nitrogens is 2. The Bertz CT molecular complexity index is 1210. The molecule has 0 aliphatic carbocycles. The molecule has 0 amide bonds. The van der Waals surface area contributed by atoms with Gasteiger partial charge in [0.2, 0.25) is 16.0 Å². The highest BCUT2D eigenvalue weighted by Gasteiger charge is 2.19. The van der Waals surface area contributed by atoms with E-state index >= 15 is 0 Å². The maximum atomic E-state index is 15.0. The number of anilines is 1. The second-order valence-corrected chi connectivity index (χ2v) is 9.89. The van der Waals surface area contributed by atoms with Crippen molar-refractivity contribution in [1.29, 1.82) is 5.41 Å². The number of piperidine rings is 1. The van der Waals surface area contributed by atoms with Gasteiger partial charge in [-0.1, -0.05) is 23.4 Å². The molecule has 1 aliphatic heterocycles. The number of carbonyl (C=O) groups excluding carboxylic acids is 1. The highest BCUT2D eigenvalue weighted by Crippen LogP contribution is 2.26. The van der Waals surface area contributed by atoms with E-state index < -0.39 is 21.8 Å². The van der Waals surface area contributed by atoms with Crippen molar-refractivity contribution in [2.24, 2.45) is 10.9 Å². The van der Waals surface area contributed by atoms with E-state index in [4.69, 9.17) is 20.7 Å². The number of hydrogen-bond donors (Lipinski definition) is 3. The van der Waals surface area contributed by atoms with E-state index in [0.29, 0.717) is 37.4 Å². The van der Waals surface area contributed by atoms with Gasteiger partial charge in [-0.25, -0.2) is 27.5 Å². The number of nitrogens with one attached hydrogen (secondary N) is 2. The average molecular weight is 522 g/mol. The number of nitrogens with zero attached hydrogens (tertiary/aromatic N) is 4. The minimum atomic E-state index is -3.25. The fourth-order valence-corrected chi connectivity index (χ4v) is 3.82. The summed E-state index contributed by atoms with van der Waals surface area (Å²) in [6.07, 6.45) is 5.08. The van der Waals surface area contributed by atoms with Crippen LogP contribution in [-0.2, 0) is 31.0 Å². The molecule has 2 aromatic rings. The molecular weight excluding hydrogens is 493 g/mol. The zero-order chi connectivity index (χ0) is 26.1. The Kier molecular flexibility index (Phi) is 9.25. The molecule has 3 rings (SSSR count). The quantitative estimate of drug-likeness (QED) is 0.129. The summed E-state index contributed by atoms with van der Waals surface area (Å²) in [5.41, 5.74) is 6.97. The molecule has 1 saturated heterocycles. The van der Waals surface area contributed by atoms with Gasteiger partial charge in [-0.05, 0) is 0 Å². The third kappa shape index (κ3) is 8.23. The van der Waals surface area contributed by atoms with E-state index in [1.807, 2.05) is 4.90 Å². The summed E-state index contributed by atoms with van der Waals surface area (Å²) in [6.45, 7) is 1.26. The van der Waals surface area contributed by atoms with Crippen molar-refractivity contribution in [2.45, 2.75) is 25.9 Å². The van der Waals surface area contributed by atoms with Crippen molar-refractivity contribution in [3.8, 4) is 11.1 Å². The van der Waals surface area contributed by atoms with Crippen LogP contribution < -0.4 is 15.4 Å². The molecule has 0 saturated carbocycles. The van der Waals surface area contributed by atoms with Crippen molar-refractivity contribution in [1.82, 2.24) is 14.7 Å². The highest BCUT2D eigenvalue weighted by molar-refractivity contribution is 7.88. The van der Waals surface area contributed by atoms with Gasteiger partial charge in [-0.2, -0.15) is 0 Å². The standard InChI is InChI=1S/C22H28FN7O5S/c1-36(32,33)28-7-10-35-29-17-5-8-30(9-6-17)22-26-12-16(13-27-22)18-4-2-3-15(21(18)23)14-34-20(31)11-19(24)25/h2-4,12-13,28H,5-11,14H2,1H3,(H3,24,25). The third-order valence-corrected chi connectivity index (χ3v) is 5.85. The molecule has 1 aliphatic rings. The number of benzene rings is 1. The first-order valence-electron chi connectivity index (χ1n) is 11.1. The summed E-state index contributed by atoms with van der Waals surface area (Å²) >= 11 is 0. The first kappa shape index (κ1) is 26.9. The Hall–Kier alpha value is -3.65. The van der Waals surface area contributed by atoms with E-state index in [0.717, 1.165) is 12.0 Å². The van der Waals surface area contributed by atoms with Gasteiger partial charge < -0.3 is 20.2 Å². The molecule has 0 bridgehead atoms. The molecule has 36 heavy (non-hydrogen) atoms. The maximum Gasteiger partial charge on any atom is 0.313 e. The molecule has 0 spiro atoms. The molecule has 1 aromatic carbocycles. The zero-order valence-electron chi connectivity index (χ0n) is 19.7. The predicted molar refractivity (Wildman–Crippen MR) is 131 cm³/mol. The number of carbonyl (C=O) groups is 1. The van der Waals surface area contributed by atoms with E-state index in [9.17, 15) is 17.6 Å². The van der Waals surface area contributed by atoms with Crippen LogP contribution in [0.1, 0.15) is 24.8 Å². The van der Waals surface area contributed by atoms with E-state index in [-0.39, 0.29) is 43.1 Å². The first-order chi connectivity index (χ1) is 17.1. The van der Waals surface area contributed by atoms with Crippen LogP contribution in [0.5, 0.6) is 0 Å². The van der Waals surface area contributed by atoms with Crippen LogP contribution in [0.3, 0.4) is 0 Å². The lowest BCUT2D eigenvalue weighted by Gasteiger charge is -2.27. The SMILES string of the molecule is CS(=O)(=O)NCCON=C1CCN(c2ncc(-c3cccc(COC(=O)CC(=N)N)c3F)cn2)CC1. The zero-order valence-corrected chi connectivity index (χ0v) is 20.6. The Morgan fingerprint density at radius 2 is 1.97 bits per heavy atom. The largest absolute Gasteiger partial charge is 0.460 e. The second-order valence-electron chi connectivity index (χ2n) is 8.06. The molecular formula is C22H28FN7O5S. The van der Waals surface area contributed by atoms with Crippen LogP contribution in [0.15, 0.2) is 35.7 Å². The summed E-state index contributed by atoms with van der Waals surface area (Å²) in [4.78, 5) is 27.5. The van der Waals surface area contributed by atoms with Gasteiger partial charge in [0, 0.05) is 61.6 Å². The molecule has 12 nitrogen and oxygen atoms in total. The normalized spacial score (nSPS) is 13.8. The molecule has 14 heteroatoms. The van der Waals surface area contributed by atoms with Gasteiger partial charge in [0.15, 0.2) is 0 Å². The molecule has 2 heterocycles. The molecule has 0 radical (unpaired) electrons. The summed E-state index contributed by atoms with van der Waals surface area (Å²) in [6, 6.07) is 4.74. The monoisotopic (exact) mass is 521 g/mol. The van der Waals surface area contributed by atoms with Gasteiger partial charge in [0.1, 0.15) is 31.3 Å². The number of hydrogen-bond acceptors (Lipinski definition) is 10. The summed E-state index contributed by atoms with van der Waals surface area (Å²) in [5.74, 6) is -1.07. The minimum absolute atomic E-state index is 0.142. The number of amidine groups is 1.